The van der Waals surface area contributed by atoms with Crippen molar-refractivity contribution in [2.24, 2.45) is 0 Å². The molecule has 5 nitrogen and oxygen atoms in total. The van der Waals surface area contributed by atoms with Crippen LogP contribution in [0, 0.1) is 0 Å². The number of hydrogen-bond acceptors (Lipinski definition) is 4. The largest absolute Gasteiger partial charge is 0.333 e. The molecule has 2 amide bonds. The number of hydrogen-bond donors (Lipinski definition) is 2. The highest BCUT2D eigenvalue weighted by molar-refractivity contribution is 7.17. The van der Waals surface area contributed by atoms with Crippen molar-refractivity contribution in [2.45, 2.75) is 6.42 Å². The Bertz CT molecular complexity index is 660. The highest BCUT2D eigenvalue weighted by Gasteiger charge is 2.22. The lowest BCUT2D eigenvalue weighted by Gasteiger charge is -2.19. The first-order valence-corrected chi connectivity index (χ1v) is 7.90. The van der Waals surface area contributed by atoms with E-state index in [-0.39, 0.29) is 0 Å². The van der Waals surface area contributed by atoms with Crippen LogP contribution < -0.4 is 10.6 Å². The Kier molecular flexibility index (Phi) is 4.17. The lowest BCUT2D eigenvalue weighted by atomic mass is 10.2. The monoisotopic (exact) mass is 303 g/mol. The van der Waals surface area contributed by atoms with E-state index in [9.17, 15) is 9.59 Å². The summed E-state index contributed by atoms with van der Waals surface area (Å²) in [4.78, 5) is 25.8. The molecule has 0 aliphatic carbocycles. The number of anilines is 1. The molecule has 1 aromatic carbocycles. The molecule has 0 radical (unpaired) electrons. The summed E-state index contributed by atoms with van der Waals surface area (Å²) in [5.41, 5.74) is 0.659. The zero-order valence-corrected chi connectivity index (χ0v) is 12.4. The SMILES string of the molecule is O=C(Nc1ccc2sccc2c1)C(=O)N1CCCNCC1. The second kappa shape index (κ2) is 6.24. The molecular weight excluding hydrogens is 286 g/mol. The molecule has 6 heteroatoms. The Morgan fingerprint density at radius 3 is 3.00 bits per heavy atom. The predicted molar refractivity (Wildman–Crippen MR) is 84.5 cm³/mol. The molecule has 0 spiro atoms. The third-order valence-electron chi connectivity index (χ3n) is 3.53. The third kappa shape index (κ3) is 3.22. The van der Waals surface area contributed by atoms with Crippen LogP contribution in [0.25, 0.3) is 10.1 Å². The van der Waals surface area contributed by atoms with Crippen molar-refractivity contribution in [2.75, 3.05) is 31.5 Å². The summed E-state index contributed by atoms with van der Waals surface area (Å²) in [5.74, 6) is -1.02. The van der Waals surface area contributed by atoms with E-state index in [1.807, 2.05) is 29.6 Å². The summed E-state index contributed by atoms with van der Waals surface area (Å²) in [6, 6.07) is 7.67. The fourth-order valence-electron chi connectivity index (χ4n) is 2.42. The quantitative estimate of drug-likeness (QED) is 0.788. The van der Waals surface area contributed by atoms with Gasteiger partial charge in [0.2, 0.25) is 0 Å². The zero-order chi connectivity index (χ0) is 14.7. The van der Waals surface area contributed by atoms with Crippen LogP contribution in [0.2, 0.25) is 0 Å². The van der Waals surface area contributed by atoms with Crippen LogP contribution in [-0.4, -0.2) is 42.9 Å². The standard InChI is InChI=1S/C15H17N3O2S/c19-14(15(20)18-7-1-5-16-6-8-18)17-12-2-3-13-11(10-12)4-9-21-13/h2-4,9-10,16H,1,5-8H2,(H,17,19). The fraction of sp³-hybridized carbons (Fsp3) is 0.333. The van der Waals surface area contributed by atoms with Gasteiger partial charge in [-0.1, -0.05) is 0 Å². The molecule has 1 fully saturated rings. The van der Waals surface area contributed by atoms with Crippen LogP contribution in [0.3, 0.4) is 0 Å². The molecule has 2 heterocycles. The lowest BCUT2D eigenvalue weighted by Crippen LogP contribution is -2.41. The zero-order valence-electron chi connectivity index (χ0n) is 11.6. The van der Waals surface area contributed by atoms with E-state index >= 15 is 0 Å². The number of amides is 2. The average Bonchev–Trinajstić information content (AvgIpc) is 2.78. The molecule has 0 saturated carbocycles. The van der Waals surface area contributed by atoms with Crippen molar-refractivity contribution >= 4 is 38.9 Å². The maximum Gasteiger partial charge on any atom is 0.313 e. The molecule has 1 saturated heterocycles. The van der Waals surface area contributed by atoms with E-state index in [1.165, 1.54) is 0 Å². The summed E-state index contributed by atoms with van der Waals surface area (Å²) in [6.45, 7) is 2.83. The maximum atomic E-state index is 12.2. The van der Waals surface area contributed by atoms with Gasteiger partial charge >= 0.3 is 11.8 Å². The van der Waals surface area contributed by atoms with Gasteiger partial charge < -0.3 is 15.5 Å². The minimum Gasteiger partial charge on any atom is -0.333 e. The van der Waals surface area contributed by atoms with Gasteiger partial charge in [0, 0.05) is 30.0 Å². The second-order valence-corrected chi connectivity index (χ2v) is 5.97. The minimum atomic E-state index is -0.563. The number of thiophene rings is 1. The van der Waals surface area contributed by atoms with Gasteiger partial charge in [-0.2, -0.15) is 0 Å². The van der Waals surface area contributed by atoms with Crippen molar-refractivity contribution in [3.8, 4) is 0 Å². The normalized spacial score (nSPS) is 15.7. The smallest absolute Gasteiger partial charge is 0.313 e. The van der Waals surface area contributed by atoms with Gasteiger partial charge in [0.1, 0.15) is 0 Å². The molecule has 1 aliphatic rings. The van der Waals surface area contributed by atoms with Crippen LogP contribution >= 0.6 is 11.3 Å². The molecule has 0 atom stereocenters. The molecule has 1 aromatic heterocycles. The number of carbonyl (C=O) groups excluding carboxylic acids is 2. The van der Waals surface area contributed by atoms with Crippen LogP contribution in [0.5, 0.6) is 0 Å². The summed E-state index contributed by atoms with van der Waals surface area (Å²) in [6.07, 6.45) is 0.875. The van der Waals surface area contributed by atoms with Gasteiger partial charge in [0.25, 0.3) is 0 Å². The molecule has 1 aliphatic heterocycles. The van der Waals surface area contributed by atoms with Crippen LogP contribution in [0.15, 0.2) is 29.6 Å². The molecular formula is C15H17N3O2S. The molecule has 2 N–H and O–H groups in total. The number of benzene rings is 1. The summed E-state index contributed by atoms with van der Waals surface area (Å²) in [7, 11) is 0. The Labute approximate surface area is 126 Å². The van der Waals surface area contributed by atoms with Gasteiger partial charge in [-0.3, -0.25) is 9.59 Å². The van der Waals surface area contributed by atoms with Crippen molar-refractivity contribution in [1.29, 1.82) is 0 Å². The number of nitrogens with zero attached hydrogens (tertiary/aromatic N) is 1. The number of rotatable bonds is 1. The highest BCUT2D eigenvalue weighted by Crippen LogP contribution is 2.23. The van der Waals surface area contributed by atoms with Gasteiger partial charge in [-0.15, -0.1) is 11.3 Å². The van der Waals surface area contributed by atoms with E-state index in [2.05, 4.69) is 10.6 Å². The van der Waals surface area contributed by atoms with Crippen molar-refractivity contribution in [3.63, 3.8) is 0 Å². The number of carbonyl (C=O) groups is 2. The van der Waals surface area contributed by atoms with Crippen LogP contribution in [0.4, 0.5) is 5.69 Å². The molecule has 110 valence electrons. The van der Waals surface area contributed by atoms with Gasteiger partial charge in [0.05, 0.1) is 0 Å². The second-order valence-electron chi connectivity index (χ2n) is 5.02. The average molecular weight is 303 g/mol. The molecule has 0 unspecified atom stereocenters. The fourth-order valence-corrected chi connectivity index (χ4v) is 3.19. The summed E-state index contributed by atoms with van der Waals surface area (Å²) < 4.78 is 1.16. The first-order chi connectivity index (χ1) is 10.2. The van der Waals surface area contributed by atoms with Crippen LogP contribution in [0.1, 0.15) is 6.42 Å². The van der Waals surface area contributed by atoms with E-state index < -0.39 is 11.8 Å². The number of nitrogens with one attached hydrogen (secondary N) is 2. The molecule has 3 rings (SSSR count). The van der Waals surface area contributed by atoms with E-state index in [0.717, 1.165) is 29.6 Å². The molecule has 0 bridgehead atoms. The van der Waals surface area contributed by atoms with Crippen molar-refractivity contribution in [1.82, 2.24) is 10.2 Å². The molecule has 2 aromatic rings. The Morgan fingerprint density at radius 1 is 1.19 bits per heavy atom. The summed E-state index contributed by atoms with van der Waals surface area (Å²) in [5, 5.41) is 8.99. The number of fused-ring (bicyclic) bond motifs is 1. The van der Waals surface area contributed by atoms with E-state index in [1.54, 1.807) is 16.2 Å². The minimum absolute atomic E-state index is 0.455. The van der Waals surface area contributed by atoms with Gasteiger partial charge in [-0.25, -0.2) is 0 Å². The topological polar surface area (TPSA) is 61.4 Å². The Morgan fingerprint density at radius 2 is 2.10 bits per heavy atom. The Hall–Kier alpha value is -1.92. The highest BCUT2D eigenvalue weighted by atomic mass is 32.1. The van der Waals surface area contributed by atoms with Crippen molar-refractivity contribution < 1.29 is 9.59 Å². The van der Waals surface area contributed by atoms with E-state index in [4.69, 9.17) is 0 Å². The summed E-state index contributed by atoms with van der Waals surface area (Å²) >= 11 is 1.65. The maximum absolute atomic E-state index is 12.2. The van der Waals surface area contributed by atoms with Crippen molar-refractivity contribution in [3.05, 3.63) is 29.6 Å². The third-order valence-corrected chi connectivity index (χ3v) is 4.43. The Balaban J connectivity index is 1.68. The first-order valence-electron chi connectivity index (χ1n) is 7.02. The van der Waals surface area contributed by atoms with Gasteiger partial charge in [0.15, 0.2) is 0 Å². The lowest BCUT2D eigenvalue weighted by molar-refractivity contribution is -0.143. The van der Waals surface area contributed by atoms with Gasteiger partial charge in [-0.05, 0) is 48.0 Å². The first kappa shape index (κ1) is 14.0. The molecule has 21 heavy (non-hydrogen) atoms. The predicted octanol–water partition coefficient (Wildman–Crippen LogP) is 1.66. The van der Waals surface area contributed by atoms with Crippen LogP contribution in [-0.2, 0) is 9.59 Å². The van der Waals surface area contributed by atoms with E-state index in [0.29, 0.717) is 18.8 Å².